The van der Waals surface area contributed by atoms with E-state index in [1.54, 1.807) is 12.1 Å². The van der Waals surface area contributed by atoms with Crippen LogP contribution in [-0.2, 0) is 19.1 Å². The zero-order chi connectivity index (χ0) is 15.7. The summed E-state index contributed by atoms with van der Waals surface area (Å²) < 4.78 is 37.7. The second-order valence-corrected chi connectivity index (χ2v) is 5.86. The Labute approximate surface area is 128 Å². The topological polar surface area (TPSA) is 3.24 Å². The number of rotatable bonds is 3. The molecule has 3 rings (SSSR count). The lowest BCUT2D eigenvalue weighted by molar-refractivity contribution is -0.137. The van der Waals surface area contributed by atoms with Crippen LogP contribution in [0.15, 0.2) is 48.5 Å². The van der Waals surface area contributed by atoms with E-state index in [-0.39, 0.29) is 0 Å². The van der Waals surface area contributed by atoms with Gasteiger partial charge in [-0.1, -0.05) is 36.4 Å². The molecular formula is C18H18F3N. The van der Waals surface area contributed by atoms with Crippen LogP contribution < -0.4 is 0 Å². The first kappa shape index (κ1) is 15.1. The van der Waals surface area contributed by atoms with Gasteiger partial charge < -0.3 is 0 Å². The Hall–Kier alpha value is -1.81. The Morgan fingerprint density at radius 3 is 2.41 bits per heavy atom. The molecule has 116 valence electrons. The average molecular weight is 305 g/mol. The lowest BCUT2D eigenvalue weighted by atomic mass is 10.1. The van der Waals surface area contributed by atoms with E-state index >= 15 is 0 Å². The first-order valence-corrected chi connectivity index (χ1v) is 7.39. The summed E-state index contributed by atoms with van der Waals surface area (Å²) in [6, 6.07) is 14.2. The average Bonchev–Trinajstić information content (AvgIpc) is 2.91. The Balaban J connectivity index is 1.71. The van der Waals surface area contributed by atoms with Crippen molar-refractivity contribution in [1.29, 1.82) is 0 Å². The number of halogens is 3. The number of nitrogens with zero attached hydrogens (tertiary/aromatic N) is 1. The van der Waals surface area contributed by atoms with Crippen molar-refractivity contribution in [2.75, 3.05) is 7.05 Å². The van der Waals surface area contributed by atoms with Gasteiger partial charge in [0.2, 0.25) is 0 Å². The number of hydrogen-bond acceptors (Lipinski definition) is 1. The number of alkyl halides is 3. The Bertz CT molecular complexity index is 646. The molecular weight excluding hydrogens is 287 g/mol. The first-order valence-electron chi connectivity index (χ1n) is 7.39. The highest BCUT2D eigenvalue weighted by atomic mass is 19.4. The monoisotopic (exact) mass is 305 g/mol. The summed E-state index contributed by atoms with van der Waals surface area (Å²) in [5, 5.41) is 0. The van der Waals surface area contributed by atoms with Gasteiger partial charge in [0.1, 0.15) is 0 Å². The van der Waals surface area contributed by atoms with E-state index < -0.39 is 11.7 Å². The highest BCUT2D eigenvalue weighted by molar-refractivity contribution is 5.34. The standard InChI is InChI=1S/C18H18F3N/c1-22(17-11-8-14-4-2-3-5-16(14)17)12-13-6-9-15(10-7-13)18(19,20)21/h2-7,9-10,17H,8,11-12H2,1H3. The van der Waals surface area contributed by atoms with Crippen molar-refractivity contribution in [3.05, 3.63) is 70.8 Å². The van der Waals surface area contributed by atoms with Gasteiger partial charge in [0.25, 0.3) is 0 Å². The van der Waals surface area contributed by atoms with Gasteiger partial charge in [-0.15, -0.1) is 0 Å². The summed E-state index contributed by atoms with van der Waals surface area (Å²) in [7, 11) is 2.03. The molecule has 2 aromatic rings. The van der Waals surface area contributed by atoms with Crippen molar-refractivity contribution in [2.24, 2.45) is 0 Å². The van der Waals surface area contributed by atoms with Crippen molar-refractivity contribution >= 4 is 0 Å². The van der Waals surface area contributed by atoms with Gasteiger partial charge in [-0.2, -0.15) is 13.2 Å². The van der Waals surface area contributed by atoms with Gasteiger partial charge in [-0.3, -0.25) is 4.90 Å². The number of hydrogen-bond donors (Lipinski definition) is 0. The molecule has 1 aliphatic carbocycles. The Morgan fingerprint density at radius 1 is 1.05 bits per heavy atom. The van der Waals surface area contributed by atoms with E-state index in [2.05, 4.69) is 23.1 Å². The molecule has 1 unspecified atom stereocenters. The molecule has 22 heavy (non-hydrogen) atoms. The third kappa shape index (κ3) is 3.02. The fourth-order valence-electron chi connectivity index (χ4n) is 3.19. The smallest absolute Gasteiger partial charge is 0.295 e. The maximum atomic E-state index is 12.6. The molecule has 1 atom stereocenters. The molecule has 1 nitrogen and oxygen atoms in total. The quantitative estimate of drug-likeness (QED) is 0.785. The molecule has 0 aromatic heterocycles. The molecule has 1 aliphatic rings. The van der Waals surface area contributed by atoms with Gasteiger partial charge in [-0.05, 0) is 48.7 Å². The molecule has 0 aliphatic heterocycles. The van der Waals surface area contributed by atoms with Gasteiger partial charge >= 0.3 is 6.18 Å². The zero-order valence-electron chi connectivity index (χ0n) is 12.4. The van der Waals surface area contributed by atoms with Crippen molar-refractivity contribution in [3.63, 3.8) is 0 Å². The highest BCUT2D eigenvalue weighted by Gasteiger charge is 2.30. The largest absolute Gasteiger partial charge is 0.416 e. The summed E-state index contributed by atoms with van der Waals surface area (Å²) in [5.41, 5.74) is 3.04. The minimum Gasteiger partial charge on any atom is -0.295 e. The number of benzene rings is 2. The summed E-state index contributed by atoms with van der Waals surface area (Å²) in [6.45, 7) is 0.650. The normalized spacial score (nSPS) is 17.8. The van der Waals surface area contributed by atoms with Crippen molar-refractivity contribution in [1.82, 2.24) is 4.90 Å². The molecule has 0 spiro atoms. The zero-order valence-corrected chi connectivity index (χ0v) is 12.4. The molecule has 0 radical (unpaired) electrons. The summed E-state index contributed by atoms with van der Waals surface area (Å²) in [6.07, 6.45) is -2.14. The predicted molar refractivity (Wildman–Crippen MR) is 80.4 cm³/mol. The Kier molecular flexibility index (Phi) is 3.96. The first-order chi connectivity index (χ1) is 10.4. The van der Waals surface area contributed by atoms with E-state index in [1.165, 1.54) is 11.1 Å². The van der Waals surface area contributed by atoms with Crippen LogP contribution in [0.4, 0.5) is 13.2 Å². The minimum absolute atomic E-state index is 0.346. The van der Waals surface area contributed by atoms with Crippen LogP contribution in [0.1, 0.15) is 34.7 Å². The molecule has 0 N–H and O–H groups in total. The number of fused-ring (bicyclic) bond motifs is 1. The lowest BCUT2D eigenvalue weighted by Gasteiger charge is -2.25. The highest BCUT2D eigenvalue weighted by Crippen LogP contribution is 2.35. The van der Waals surface area contributed by atoms with Crippen LogP contribution in [0.5, 0.6) is 0 Å². The maximum Gasteiger partial charge on any atom is 0.416 e. The fourth-order valence-corrected chi connectivity index (χ4v) is 3.19. The van der Waals surface area contributed by atoms with Gasteiger partial charge in [-0.25, -0.2) is 0 Å². The van der Waals surface area contributed by atoms with E-state index in [4.69, 9.17) is 0 Å². The molecule has 0 saturated carbocycles. The van der Waals surface area contributed by atoms with Gasteiger partial charge in [0, 0.05) is 12.6 Å². The summed E-state index contributed by atoms with van der Waals surface area (Å²) >= 11 is 0. The van der Waals surface area contributed by atoms with E-state index in [0.29, 0.717) is 12.6 Å². The Morgan fingerprint density at radius 2 is 1.73 bits per heavy atom. The predicted octanol–water partition coefficient (Wildman–Crippen LogP) is 4.82. The van der Waals surface area contributed by atoms with Crippen molar-refractivity contribution < 1.29 is 13.2 Å². The molecule has 4 heteroatoms. The molecule has 0 bridgehead atoms. The summed E-state index contributed by atoms with van der Waals surface area (Å²) in [5.74, 6) is 0. The SMILES string of the molecule is CN(Cc1ccc(C(F)(F)F)cc1)C1CCc2ccccc21. The fraction of sp³-hybridized carbons (Fsp3) is 0.333. The third-order valence-corrected chi connectivity index (χ3v) is 4.35. The lowest BCUT2D eigenvalue weighted by Crippen LogP contribution is -2.22. The third-order valence-electron chi connectivity index (χ3n) is 4.35. The second kappa shape index (κ2) is 5.76. The van der Waals surface area contributed by atoms with Gasteiger partial charge in [0.05, 0.1) is 5.56 Å². The van der Waals surface area contributed by atoms with Crippen molar-refractivity contribution in [3.8, 4) is 0 Å². The van der Waals surface area contributed by atoms with Crippen LogP contribution in [-0.4, -0.2) is 11.9 Å². The molecule has 2 aromatic carbocycles. The van der Waals surface area contributed by atoms with Crippen LogP contribution >= 0.6 is 0 Å². The number of aryl methyl sites for hydroxylation is 1. The van der Waals surface area contributed by atoms with Gasteiger partial charge in [0.15, 0.2) is 0 Å². The van der Waals surface area contributed by atoms with Crippen LogP contribution in [0.2, 0.25) is 0 Å². The maximum absolute atomic E-state index is 12.6. The minimum atomic E-state index is -4.27. The molecule has 0 amide bonds. The summed E-state index contributed by atoms with van der Waals surface area (Å²) in [4.78, 5) is 2.22. The van der Waals surface area contributed by atoms with Crippen molar-refractivity contribution in [2.45, 2.75) is 31.6 Å². The van der Waals surface area contributed by atoms with E-state index in [0.717, 1.165) is 30.5 Å². The second-order valence-electron chi connectivity index (χ2n) is 5.86. The van der Waals surface area contributed by atoms with Crippen LogP contribution in [0, 0.1) is 0 Å². The van der Waals surface area contributed by atoms with Crippen LogP contribution in [0.3, 0.4) is 0 Å². The van der Waals surface area contributed by atoms with Crippen LogP contribution in [0.25, 0.3) is 0 Å². The van der Waals surface area contributed by atoms with E-state index in [9.17, 15) is 13.2 Å². The molecule has 0 heterocycles. The van der Waals surface area contributed by atoms with E-state index in [1.807, 2.05) is 13.1 Å². The molecule has 0 saturated heterocycles. The molecule has 0 fully saturated rings.